The van der Waals surface area contributed by atoms with Crippen LogP contribution in [0.25, 0.3) is 0 Å². The van der Waals surface area contributed by atoms with Gasteiger partial charge in [0.1, 0.15) is 5.00 Å². The van der Waals surface area contributed by atoms with Gasteiger partial charge in [0.05, 0.1) is 10.5 Å². The van der Waals surface area contributed by atoms with Gasteiger partial charge in [0.25, 0.3) is 11.8 Å². The summed E-state index contributed by atoms with van der Waals surface area (Å²) in [5.41, 5.74) is 7.29. The molecule has 1 aromatic carbocycles. The van der Waals surface area contributed by atoms with E-state index in [1.807, 2.05) is 6.92 Å². The number of carbonyl (C=O) groups excluding carboxylic acids is 2. The SMILES string of the molecule is CC(C)N1CCc2c(sc(NC(=O)c3ccc(S(=O)(=O)N4CCCC[C@H]4C)cc3)c2C(N)=O)C1. The summed E-state index contributed by atoms with van der Waals surface area (Å²) in [5, 5.41) is 3.29. The van der Waals surface area contributed by atoms with E-state index in [0.717, 1.165) is 42.8 Å². The number of amides is 2. The van der Waals surface area contributed by atoms with Gasteiger partial charge in [0, 0.05) is 42.2 Å². The lowest BCUT2D eigenvalue weighted by atomic mass is 10.0. The van der Waals surface area contributed by atoms with Crippen molar-refractivity contribution in [3.63, 3.8) is 0 Å². The van der Waals surface area contributed by atoms with Crippen LogP contribution in [0, 0.1) is 0 Å². The van der Waals surface area contributed by atoms with Gasteiger partial charge in [-0.25, -0.2) is 8.42 Å². The quantitative estimate of drug-likeness (QED) is 0.626. The third-order valence-electron chi connectivity index (χ3n) is 6.76. The molecule has 1 aromatic heterocycles. The molecule has 2 aliphatic rings. The molecule has 0 unspecified atom stereocenters. The number of nitrogens with zero attached hydrogens (tertiary/aromatic N) is 2. The lowest BCUT2D eigenvalue weighted by molar-refractivity contribution is 0.0999. The highest BCUT2D eigenvalue weighted by Crippen LogP contribution is 2.37. The highest BCUT2D eigenvalue weighted by Gasteiger charge is 2.31. The Morgan fingerprint density at radius 1 is 1.15 bits per heavy atom. The Bertz CT molecular complexity index is 1190. The minimum Gasteiger partial charge on any atom is -0.365 e. The molecule has 8 nitrogen and oxygen atoms in total. The van der Waals surface area contributed by atoms with Crippen molar-refractivity contribution in [1.82, 2.24) is 9.21 Å². The molecule has 0 saturated carbocycles. The predicted octanol–water partition coefficient (Wildman–Crippen LogP) is 3.43. The van der Waals surface area contributed by atoms with Gasteiger partial charge in [0.15, 0.2) is 0 Å². The molecule has 10 heteroatoms. The summed E-state index contributed by atoms with van der Waals surface area (Å²) in [6.45, 7) is 8.25. The van der Waals surface area contributed by atoms with Gasteiger partial charge in [-0.1, -0.05) is 6.42 Å². The van der Waals surface area contributed by atoms with E-state index in [4.69, 9.17) is 5.73 Å². The fourth-order valence-corrected chi connectivity index (χ4v) is 7.70. The Balaban J connectivity index is 1.54. The van der Waals surface area contributed by atoms with Crippen LogP contribution in [0.5, 0.6) is 0 Å². The van der Waals surface area contributed by atoms with Crippen LogP contribution in [-0.2, 0) is 23.0 Å². The van der Waals surface area contributed by atoms with E-state index in [1.165, 1.54) is 35.6 Å². The second-order valence-corrected chi connectivity index (χ2v) is 12.3. The predicted molar refractivity (Wildman–Crippen MR) is 134 cm³/mol. The number of nitrogens with one attached hydrogen (secondary N) is 1. The highest BCUT2D eigenvalue weighted by molar-refractivity contribution is 7.89. The van der Waals surface area contributed by atoms with Gasteiger partial charge < -0.3 is 11.1 Å². The summed E-state index contributed by atoms with van der Waals surface area (Å²) < 4.78 is 27.6. The van der Waals surface area contributed by atoms with E-state index in [9.17, 15) is 18.0 Å². The molecule has 0 bridgehead atoms. The van der Waals surface area contributed by atoms with Crippen LogP contribution in [0.15, 0.2) is 29.2 Å². The number of nitrogens with two attached hydrogens (primary N) is 1. The standard InChI is InChI=1S/C24H32N4O4S2/c1-15(2)27-13-11-19-20(14-27)33-24(21(19)22(25)29)26-23(30)17-7-9-18(10-8-17)34(31,32)28-12-5-4-6-16(28)3/h7-10,15-16H,4-6,11-14H2,1-3H3,(H2,25,29)(H,26,30)/t16-/m1/s1. The summed E-state index contributed by atoms with van der Waals surface area (Å²) in [5.74, 6) is -0.958. The zero-order valence-corrected chi connectivity index (χ0v) is 21.5. The summed E-state index contributed by atoms with van der Waals surface area (Å²) in [6, 6.07) is 6.31. The van der Waals surface area contributed by atoms with E-state index >= 15 is 0 Å². The van der Waals surface area contributed by atoms with Gasteiger partial charge in [-0.2, -0.15) is 4.31 Å². The van der Waals surface area contributed by atoms with Gasteiger partial charge in [-0.3, -0.25) is 14.5 Å². The fraction of sp³-hybridized carbons (Fsp3) is 0.500. The van der Waals surface area contributed by atoms with E-state index in [-0.39, 0.29) is 10.9 Å². The maximum atomic E-state index is 13.0. The van der Waals surface area contributed by atoms with Crippen molar-refractivity contribution in [3.05, 3.63) is 45.8 Å². The largest absolute Gasteiger partial charge is 0.365 e. The molecule has 0 aliphatic carbocycles. The van der Waals surface area contributed by atoms with Gasteiger partial charge in [0.2, 0.25) is 10.0 Å². The number of carbonyl (C=O) groups is 2. The normalized spacial score (nSPS) is 19.7. The van der Waals surface area contributed by atoms with Crippen LogP contribution in [-0.4, -0.2) is 54.6 Å². The van der Waals surface area contributed by atoms with E-state index < -0.39 is 21.8 Å². The zero-order valence-electron chi connectivity index (χ0n) is 19.8. The fourth-order valence-electron chi connectivity index (χ4n) is 4.73. The van der Waals surface area contributed by atoms with Gasteiger partial charge in [-0.05, 0) is 69.9 Å². The first-order valence-corrected chi connectivity index (χ1v) is 14.0. The average Bonchev–Trinajstić information content (AvgIpc) is 3.16. The van der Waals surface area contributed by atoms with Crippen molar-refractivity contribution < 1.29 is 18.0 Å². The molecule has 1 saturated heterocycles. The van der Waals surface area contributed by atoms with Crippen molar-refractivity contribution in [3.8, 4) is 0 Å². The monoisotopic (exact) mass is 504 g/mol. The number of fused-ring (bicyclic) bond motifs is 1. The number of hydrogen-bond acceptors (Lipinski definition) is 6. The topological polar surface area (TPSA) is 113 Å². The van der Waals surface area contributed by atoms with Crippen LogP contribution in [0.2, 0.25) is 0 Å². The third-order valence-corrected chi connectivity index (χ3v) is 9.92. The average molecular weight is 505 g/mol. The third kappa shape index (κ3) is 4.77. The Morgan fingerprint density at radius 2 is 1.85 bits per heavy atom. The zero-order chi connectivity index (χ0) is 24.6. The van der Waals surface area contributed by atoms with Crippen molar-refractivity contribution >= 4 is 38.2 Å². The number of hydrogen-bond donors (Lipinski definition) is 2. The number of piperidine rings is 1. The molecule has 184 valence electrons. The molecule has 0 radical (unpaired) electrons. The summed E-state index contributed by atoms with van der Waals surface area (Å²) in [6.07, 6.45) is 3.44. The molecule has 2 amide bonds. The summed E-state index contributed by atoms with van der Waals surface area (Å²) in [7, 11) is -3.61. The maximum absolute atomic E-state index is 13.0. The highest BCUT2D eigenvalue weighted by atomic mass is 32.2. The van der Waals surface area contributed by atoms with E-state index in [2.05, 4.69) is 24.1 Å². The molecule has 1 atom stereocenters. The number of benzene rings is 1. The number of rotatable bonds is 6. The molecule has 2 aliphatic heterocycles. The second-order valence-electron chi connectivity index (χ2n) is 9.33. The molecule has 1 fully saturated rings. The van der Waals surface area contributed by atoms with Crippen LogP contribution in [0.4, 0.5) is 5.00 Å². The molecule has 34 heavy (non-hydrogen) atoms. The Kier molecular flexibility index (Phi) is 7.14. The number of primary amides is 1. The van der Waals surface area contributed by atoms with Crippen molar-refractivity contribution in [2.45, 2.75) is 70.0 Å². The minimum atomic E-state index is -3.61. The molecule has 3 N–H and O–H groups in total. The first kappa shape index (κ1) is 24.8. The molecule has 2 aromatic rings. The smallest absolute Gasteiger partial charge is 0.256 e. The lowest BCUT2D eigenvalue weighted by Crippen LogP contribution is -2.41. The first-order valence-electron chi connectivity index (χ1n) is 11.7. The summed E-state index contributed by atoms with van der Waals surface area (Å²) in [4.78, 5) is 28.7. The maximum Gasteiger partial charge on any atom is 0.256 e. The van der Waals surface area contributed by atoms with Crippen LogP contribution in [0.3, 0.4) is 0 Å². The van der Waals surface area contributed by atoms with E-state index in [1.54, 1.807) is 4.31 Å². The number of thiophene rings is 1. The minimum absolute atomic E-state index is 0.0366. The van der Waals surface area contributed by atoms with Crippen LogP contribution in [0.1, 0.15) is 71.2 Å². The second kappa shape index (κ2) is 9.77. The Hall–Kier alpha value is -2.27. The Labute approximate surface area is 205 Å². The number of sulfonamides is 1. The van der Waals surface area contributed by atoms with Gasteiger partial charge in [-0.15, -0.1) is 11.3 Å². The molecular weight excluding hydrogens is 472 g/mol. The summed E-state index contributed by atoms with van der Waals surface area (Å²) >= 11 is 1.38. The van der Waals surface area contributed by atoms with Crippen LogP contribution >= 0.6 is 11.3 Å². The van der Waals surface area contributed by atoms with Gasteiger partial charge >= 0.3 is 0 Å². The molecule has 0 spiro atoms. The van der Waals surface area contributed by atoms with Crippen molar-refractivity contribution in [2.24, 2.45) is 5.73 Å². The molecular formula is C24H32N4O4S2. The Morgan fingerprint density at radius 3 is 2.47 bits per heavy atom. The van der Waals surface area contributed by atoms with E-state index in [0.29, 0.717) is 35.1 Å². The van der Waals surface area contributed by atoms with Crippen molar-refractivity contribution in [2.75, 3.05) is 18.4 Å². The van der Waals surface area contributed by atoms with Crippen LogP contribution < -0.4 is 11.1 Å². The molecule has 3 heterocycles. The lowest BCUT2D eigenvalue weighted by Gasteiger charge is -2.32. The number of anilines is 1. The van der Waals surface area contributed by atoms with Crippen molar-refractivity contribution in [1.29, 1.82) is 0 Å². The first-order chi connectivity index (χ1) is 16.1. The molecule has 4 rings (SSSR count).